The molecule has 1 saturated heterocycles. The number of piperazine rings is 1. The van der Waals surface area contributed by atoms with Gasteiger partial charge in [0.1, 0.15) is 23.9 Å². The second kappa shape index (κ2) is 14.1. The number of unbranched alkanes of at least 4 members (excludes halogenated alkanes) is 1. The van der Waals surface area contributed by atoms with E-state index in [1.54, 1.807) is 31.4 Å². The molecule has 0 atom stereocenters. The fourth-order valence-electron chi connectivity index (χ4n) is 6.05. The molecule has 0 aliphatic carbocycles. The van der Waals surface area contributed by atoms with Crippen LogP contribution in [0.3, 0.4) is 0 Å². The van der Waals surface area contributed by atoms with E-state index in [4.69, 9.17) is 4.74 Å². The number of hydrogen-bond donors (Lipinski definition) is 0. The number of amides is 3. The summed E-state index contributed by atoms with van der Waals surface area (Å²) in [6.07, 6.45) is 2.11. The summed E-state index contributed by atoms with van der Waals surface area (Å²) in [6, 6.07) is 16.3. The van der Waals surface area contributed by atoms with Crippen LogP contribution >= 0.6 is 0 Å². The van der Waals surface area contributed by atoms with Gasteiger partial charge in [-0.2, -0.15) is 0 Å². The molecule has 0 radical (unpaired) electrons. The van der Waals surface area contributed by atoms with Crippen LogP contribution in [0.5, 0.6) is 5.75 Å². The van der Waals surface area contributed by atoms with Crippen molar-refractivity contribution in [1.29, 1.82) is 0 Å². The Balaban J connectivity index is 1.38. The summed E-state index contributed by atoms with van der Waals surface area (Å²) in [6.45, 7) is 12.7. The van der Waals surface area contributed by atoms with E-state index in [9.17, 15) is 23.2 Å². The van der Waals surface area contributed by atoms with Gasteiger partial charge in [0.2, 0.25) is 11.8 Å². The number of nitrogens with zero attached hydrogens (tertiary/aromatic N) is 2. The molecule has 3 aromatic carbocycles. The summed E-state index contributed by atoms with van der Waals surface area (Å²) in [5.41, 5.74) is 3.62. The summed E-state index contributed by atoms with van der Waals surface area (Å²) in [5.74, 6) is -0.856. The fraction of sp³-hybridized carbons (Fsp3) is 0.447. The van der Waals surface area contributed by atoms with Crippen molar-refractivity contribution in [3.05, 3.63) is 100 Å². The molecule has 3 amide bonds. The molecule has 1 aliphatic heterocycles. The van der Waals surface area contributed by atoms with Crippen molar-refractivity contribution in [2.75, 3.05) is 26.7 Å². The first kappa shape index (κ1) is 34.8. The SMILES string of the molecule is COc1c(C(C)(C)C)cc(C(=O)N2CCN(C(=O)CCCCC(c3ccc(F)cc3)c3ccc(F)cc3)C(=O)C2)cc1C(C)(C)C. The summed E-state index contributed by atoms with van der Waals surface area (Å²) in [4.78, 5) is 42.7. The average molecular weight is 633 g/mol. The van der Waals surface area contributed by atoms with Crippen LogP contribution in [0.4, 0.5) is 8.78 Å². The van der Waals surface area contributed by atoms with Gasteiger partial charge < -0.3 is 9.64 Å². The molecule has 0 saturated carbocycles. The Morgan fingerprint density at radius 3 is 1.74 bits per heavy atom. The van der Waals surface area contributed by atoms with Crippen LogP contribution in [-0.4, -0.2) is 54.3 Å². The van der Waals surface area contributed by atoms with Crippen molar-refractivity contribution in [3.63, 3.8) is 0 Å². The van der Waals surface area contributed by atoms with E-state index in [0.717, 1.165) is 28.0 Å². The topological polar surface area (TPSA) is 66.9 Å². The van der Waals surface area contributed by atoms with Gasteiger partial charge in [0.05, 0.1) is 7.11 Å². The van der Waals surface area contributed by atoms with E-state index in [1.807, 2.05) is 12.1 Å². The van der Waals surface area contributed by atoms with Crippen molar-refractivity contribution >= 4 is 17.7 Å². The molecule has 1 aliphatic rings. The van der Waals surface area contributed by atoms with Gasteiger partial charge in [-0.25, -0.2) is 8.78 Å². The maximum Gasteiger partial charge on any atom is 0.254 e. The number of methoxy groups -OCH3 is 1. The smallest absolute Gasteiger partial charge is 0.254 e. The van der Waals surface area contributed by atoms with E-state index in [0.29, 0.717) is 24.8 Å². The fourth-order valence-corrected chi connectivity index (χ4v) is 6.05. The van der Waals surface area contributed by atoms with E-state index in [1.165, 1.54) is 34.1 Å². The highest BCUT2D eigenvalue weighted by Gasteiger charge is 2.34. The Kier molecular flexibility index (Phi) is 10.7. The lowest BCUT2D eigenvalue weighted by atomic mass is 9.78. The quantitative estimate of drug-likeness (QED) is 0.226. The van der Waals surface area contributed by atoms with Gasteiger partial charge >= 0.3 is 0 Å². The Hall–Kier alpha value is -4.07. The van der Waals surface area contributed by atoms with Crippen molar-refractivity contribution in [2.45, 2.75) is 84.0 Å². The second-order valence-corrected chi connectivity index (χ2v) is 14.2. The molecule has 246 valence electrons. The number of carbonyl (C=O) groups excluding carboxylic acids is 3. The monoisotopic (exact) mass is 632 g/mol. The Labute approximate surface area is 271 Å². The Bertz CT molecular complexity index is 1470. The number of benzene rings is 3. The molecular weight excluding hydrogens is 586 g/mol. The third-order valence-electron chi connectivity index (χ3n) is 8.64. The molecule has 3 aromatic rings. The van der Waals surface area contributed by atoms with Crippen LogP contribution in [0.2, 0.25) is 0 Å². The third kappa shape index (κ3) is 8.20. The first-order chi connectivity index (χ1) is 21.6. The highest BCUT2D eigenvalue weighted by molar-refractivity contribution is 6.01. The minimum atomic E-state index is -0.388. The zero-order valence-electron chi connectivity index (χ0n) is 28.1. The van der Waals surface area contributed by atoms with E-state index >= 15 is 0 Å². The Morgan fingerprint density at radius 1 is 0.804 bits per heavy atom. The van der Waals surface area contributed by atoms with Gasteiger partial charge in [0.15, 0.2) is 0 Å². The largest absolute Gasteiger partial charge is 0.496 e. The van der Waals surface area contributed by atoms with Gasteiger partial charge in [-0.15, -0.1) is 0 Å². The number of hydrogen-bond acceptors (Lipinski definition) is 4. The summed E-state index contributed by atoms with van der Waals surface area (Å²) in [5, 5.41) is 0. The summed E-state index contributed by atoms with van der Waals surface area (Å²) in [7, 11) is 1.64. The van der Waals surface area contributed by atoms with Crippen LogP contribution in [0.1, 0.15) is 106 Å². The van der Waals surface area contributed by atoms with Crippen molar-refractivity contribution in [1.82, 2.24) is 9.80 Å². The predicted molar refractivity (Wildman–Crippen MR) is 176 cm³/mol. The number of rotatable bonds is 9. The molecule has 6 nitrogen and oxygen atoms in total. The zero-order chi connectivity index (χ0) is 33.8. The molecular formula is C38H46F2N2O4. The van der Waals surface area contributed by atoms with Gasteiger partial charge in [-0.05, 0) is 71.2 Å². The van der Waals surface area contributed by atoms with Gasteiger partial charge in [-0.1, -0.05) is 72.2 Å². The second-order valence-electron chi connectivity index (χ2n) is 14.2. The van der Waals surface area contributed by atoms with E-state index in [-0.39, 0.29) is 72.2 Å². The molecule has 1 heterocycles. The first-order valence-electron chi connectivity index (χ1n) is 16.0. The molecule has 0 spiro atoms. The number of imide groups is 1. The molecule has 0 N–H and O–H groups in total. The minimum absolute atomic E-state index is 0.0805. The van der Waals surface area contributed by atoms with Crippen LogP contribution in [0, 0.1) is 11.6 Å². The van der Waals surface area contributed by atoms with Crippen molar-refractivity contribution in [3.8, 4) is 5.75 Å². The van der Waals surface area contributed by atoms with Gasteiger partial charge in [-0.3, -0.25) is 19.3 Å². The third-order valence-corrected chi connectivity index (χ3v) is 8.64. The maximum atomic E-state index is 13.7. The van der Waals surface area contributed by atoms with Gasteiger partial charge in [0, 0.05) is 42.1 Å². The van der Waals surface area contributed by atoms with Gasteiger partial charge in [0.25, 0.3) is 5.91 Å². The van der Waals surface area contributed by atoms with Crippen LogP contribution in [-0.2, 0) is 20.4 Å². The highest BCUT2D eigenvalue weighted by atomic mass is 19.1. The average Bonchev–Trinajstić information content (AvgIpc) is 3.00. The summed E-state index contributed by atoms with van der Waals surface area (Å²) < 4.78 is 33.0. The lowest BCUT2D eigenvalue weighted by Crippen LogP contribution is -2.54. The summed E-state index contributed by atoms with van der Waals surface area (Å²) >= 11 is 0. The van der Waals surface area contributed by atoms with Crippen LogP contribution in [0.25, 0.3) is 0 Å². The normalized spacial score (nSPS) is 14.2. The molecule has 46 heavy (non-hydrogen) atoms. The standard InChI is InChI=1S/C38H46F2N2O4/c1-37(2,3)31-22-27(23-32(35(31)46-7)38(4,5)6)36(45)41-20-21-42(34(44)24-41)33(43)11-9-8-10-30(25-12-16-28(39)17-13-25)26-14-18-29(40)19-15-26/h12-19,22-23,30H,8-11,20-21,24H2,1-7H3. The molecule has 0 unspecified atom stereocenters. The molecule has 0 bridgehead atoms. The highest BCUT2D eigenvalue weighted by Crippen LogP contribution is 2.41. The van der Waals surface area contributed by atoms with Crippen molar-refractivity contribution in [2.24, 2.45) is 0 Å². The van der Waals surface area contributed by atoms with Crippen molar-refractivity contribution < 1.29 is 27.9 Å². The van der Waals surface area contributed by atoms with Crippen LogP contribution < -0.4 is 4.74 Å². The molecule has 0 aromatic heterocycles. The lowest BCUT2D eigenvalue weighted by molar-refractivity contribution is -0.148. The molecule has 8 heteroatoms. The number of ether oxygens (including phenoxy) is 1. The zero-order valence-corrected chi connectivity index (χ0v) is 28.1. The van der Waals surface area contributed by atoms with E-state index in [2.05, 4.69) is 41.5 Å². The number of halogens is 2. The maximum absolute atomic E-state index is 13.7. The lowest BCUT2D eigenvalue weighted by Gasteiger charge is -2.34. The Morgan fingerprint density at radius 2 is 1.30 bits per heavy atom. The number of carbonyl (C=O) groups is 3. The predicted octanol–water partition coefficient (Wildman–Crippen LogP) is 7.77. The molecule has 4 rings (SSSR count). The van der Waals surface area contributed by atoms with E-state index < -0.39 is 0 Å². The van der Waals surface area contributed by atoms with Crippen LogP contribution in [0.15, 0.2) is 60.7 Å². The molecule has 1 fully saturated rings. The first-order valence-corrected chi connectivity index (χ1v) is 16.0. The minimum Gasteiger partial charge on any atom is -0.496 e.